The quantitative estimate of drug-likeness (QED) is 0.759. The smallest absolute Gasteiger partial charge is 0.344 e. The maximum Gasteiger partial charge on any atom is 0.344 e. The van der Waals surface area contributed by atoms with Crippen molar-refractivity contribution in [2.45, 2.75) is 13.0 Å². The molecular weight excluding hydrogens is 381 g/mol. The van der Waals surface area contributed by atoms with Crippen LogP contribution in [0.4, 0.5) is 10.1 Å². The number of ether oxygens (including phenoxy) is 2. The molecule has 7 heteroatoms. The number of para-hydroxylation sites is 1. The number of rotatable bonds is 6. The highest BCUT2D eigenvalue weighted by atomic mass is 79.9. The van der Waals surface area contributed by atoms with Gasteiger partial charge in [-0.2, -0.15) is 0 Å². The minimum atomic E-state index is -1.08. The second-order valence-electron chi connectivity index (χ2n) is 4.84. The fourth-order valence-corrected chi connectivity index (χ4v) is 2.02. The van der Waals surface area contributed by atoms with Crippen LogP contribution in [0.25, 0.3) is 0 Å². The summed E-state index contributed by atoms with van der Waals surface area (Å²) < 4.78 is 24.6. The number of hydrogen-bond donors (Lipinski definition) is 1. The first-order valence-corrected chi connectivity index (χ1v) is 7.88. The third-order valence-electron chi connectivity index (χ3n) is 2.98. The van der Waals surface area contributed by atoms with Crippen LogP contribution in [0.15, 0.2) is 53.0 Å². The molecule has 0 fully saturated rings. The molecule has 0 aliphatic rings. The van der Waals surface area contributed by atoms with Gasteiger partial charge in [-0.25, -0.2) is 9.18 Å². The summed E-state index contributed by atoms with van der Waals surface area (Å²) in [6, 6.07) is 12.6. The Bertz CT molecular complexity index is 721. The van der Waals surface area contributed by atoms with E-state index in [4.69, 9.17) is 9.47 Å². The molecule has 126 valence electrons. The number of esters is 1. The third kappa shape index (κ3) is 5.34. The predicted molar refractivity (Wildman–Crippen MR) is 90.2 cm³/mol. The molecule has 0 bridgehead atoms. The Balaban J connectivity index is 1.81. The van der Waals surface area contributed by atoms with E-state index in [9.17, 15) is 14.0 Å². The first-order chi connectivity index (χ1) is 11.5. The molecule has 2 rings (SSSR count). The van der Waals surface area contributed by atoms with Gasteiger partial charge < -0.3 is 14.8 Å². The Kier molecular flexibility index (Phi) is 6.31. The molecule has 5 nitrogen and oxygen atoms in total. The van der Waals surface area contributed by atoms with Crippen LogP contribution in [0.2, 0.25) is 0 Å². The first kappa shape index (κ1) is 17.9. The molecular formula is C17H15BrFNO4. The summed E-state index contributed by atoms with van der Waals surface area (Å²) in [5.41, 5.74) is 0.0245. The predicted octanol–water partition coefficient (Wildman–Crippen LogP) is 3.54. The number of halogens is 2. The second kappa shape index (κ2) is 8.44. The van der Waals surface area contributed by atoms with Gasteiger partial charge in [0.1, 0.15) is 11.6 Å². The number of anilines is 1. The maximum absolute atomic E-state index is 13.5. The number of amides is 1. The summed E-state index contributed by atoms with van der Waals surface area (Å²) >= 11 is 3.29. The van der Waals surface area contributed by atoms with Crippen LogP contribution in [0.3, 0.4) is 0 Å². The third-order valence-corrected chi connectivity index (χ3v) is 3.51. The van der Waals surface area contributed by atoms with Gasteiger partial charge in [-0.15, -0.1) is 0 Å². The summed E-state index contributed by atoms with van der Waals surface area (Å²) in [7, 11) is 0. The zero-order chi connectivity index (χ0) is 17.5. The van der Waals surface area contributed by atoms with E-state index in [0.29, 0.717) is 5.75 Å². The fraction of sp³-hybridized carbons (Fsp3) is 0.176. The number of nitrogens with one attached hydrogen (secondary N) is 1. The van der Waals surface area contributed by atoms with E-state index in [0.717, 1.165) is 4.47 Å². The summed E-state index contributed by atoms with van der Waals surface area (Å²) in [4.78, 5) is 23.6. The van der Waals surface area contributed by atoms with E-state index >= 15 is 0 Å². The fourth-order valence-electron chi connectivity index (χ4n) is 1.75. The van der Waals surface area contributed by atoms with Gasteiger partial charge >= 0.3 is 5.97 Å². The molecule has 1 N–H and O–H groups in total. The Morgan fingerprint density at radius 1 is 1.17 bits per heavy atom. The summed E-state index contributed by atoms with van der Waals surface area (Å²) in [6.45, 7) is 1.06. The largest absolute Gasteiger partial charge is 0.482 e. The Morgan fingerprint density at radius 2 is 1.83 bits per heavy atom. The average molecular weight is 396 g/mol. The Hall–Kier alpha value is -2.41. The standard InChI is InChI=1S/C17H15BrFNO4/c1-11(17(22)20-15-5-3-2-4-14(15)19)24-16(21)10-23-13-8-6-12(18)7-9-13/h2-9,11H,10H2,1H3,(H,20,22). The molecule has 0 radical (unpaired) electrons. The van der Waals surface area contributed by atoms with E-state index in [1.54, 1.807) is 30.3 Å². The molecule has 0 saturated heterocycles. The minimum Gasteiger partial charge on any atom is -0.482 e. The van der Waals surface area contributed by atoms with Gasteiger partial charge in [-0.3, -0.25) is 4.79 Å². The lowest BCUT2D eigenvalue weighted by atomic mass is 10.3. The molecule has 0 aromatic heterocycles. The van der Waals surface area contributed by atoms with Gasteiger partial charge in [0, 0.05) is 4.47 Å². The molecule has 0 aliphatic carbocycles. The Morgan fingerprint density at radius 3 is 2.50 bits per heavy atom. The summed E-state index contributed by atoms with van der Waals surface area (Å²) in [5.74, 6) is -1.40. The maximum atomic E-state index is 13.5. The lowest BCUT2D eigenvalue weighted by molar-refractivity contribution is -0.155. The molecule has 0 aliphatic heterocycles. The van der Waals surface area contributed by atoms with Crippen molar-refractivity contribution in [3.8, 4) is 5.75 Å². The van der Waals surface area contributed by atoms with E-state index < -0.39 is 23.8 Å². The van der Waals surface area contributed by atoms with Crippen LogP contribution >= 0.6 is 15.9 Å². The molecule has 0 saturated carbocycles. The van der Waals surface area contributed by atoms with Gasteiger partial charge in [-0.05, 0) is 43.3 Å². The second-order valence-corrected chi connectivity index (χ2v) is 5.76. The van der Waals surface area contributed by atoms with Crippen LogP contribution in [0, 0.1) is 5.82 Å². The summed E-state index contributed by atoms with van der Waals surface area (Å²) in [6.07, 6.45) is -1.08. The van der Waals surface area contributed by atoms with E-state index in [-0.39, 0.29) is 12.3 Å². The van der Waals surface area contributed by atoms with Gasteiger partial charge in [0.15, 0.2) is 12.7 Å². The van der Waals surface area contributed by atoms with Crippen molar-refractivity contribution in [3.63, 3.8) is 0 Å². The lowest BCUT2D eigenvalue weighted by Gasteiger charge is -2.14. The lowest BCUT2D eigenvalue weighted by Crippen LogP contribution is -2.31. The van der Waals surface area contributed by atoms with E-state index in [1.165, 1.54) is 25.1 Å². The SMILES string of the molecule is CC(OC(=O)COc1ccc(Br)cc1)C(=O)Nc1ccccc1F. The average Bonchev–Trinajstić information content (AvgIpc) is 2.56. The zero-order valence-electron chi connectivity index (χ0n) is 12.8. The van der Waals surface area contributed by atoms with Crippen molar-refractivity contribution in [1.82, 2.24) is 0 Å². The highest BCUT2D eigenvalue weighted by Crippen LogP contribution is 2.16. The molecule has 1 unspecified atom stereocenters. The molecule has 1 atom stereocenters. The monoisotopic (exact) mass is 395 g/mol. The van der Waals surface area contributed by atoms with Crippen molar-refractivity contribution >= 4 is 33.5 Å². The van der Waals surface area contributed by atoms with Crippen LogP contribution < -0.4 is 10.1 Å². The molecule has 24 heavy (non-hydrogen) atoms. The molecule has 0 heterocycles. The van der Waals surface area contributed by atoms with Crippen molar-refractivity contribution in [1.29, 1.82) is 0 Å². The van der Waals surface area contributed by atoms with Gasteiger partial charge in [0.05, 0.1) is 5.69 Å². The highest BCUT2D eigenvalue weighted by Gasteiger charge is 2.19. The number of benzene rings is 2. The van der Waals surface area contributed by atoms with Crippen LogP contribution in [0.5, 0.6) is 5.75 Å². The molecule has 1 amide bonds. The number of carbonyl (C=O) groups is 2. The van der Waals surface area contributed by atoms with Crippen molar-refractivity contribution in [2.75, 3.05) is 11.9 Å². The van der Waals surface area contributed by atoms with Crippen molar-refractivity contribution < 1.29 is 23.5 Å². The van der Waals surface area contributed by atoms with Crippen LogP contribution in [0.1, 0.15) is 6.92 Å². The zero-order valence-corrected chi connectivity index (χ0v) is 14.4. The van der Waals surface area contributed by atoms with E-state index in [1.807, 2.05) is 0 Å². The Labute approximate surface area is 146 Å². The minimum absolute atomic E-state index is 0.0245. The normalized spacial score (nSPS) is 11.5. The van der Waals surface area contributed by atoms with Crippen molar-refractivity contribution in [3.05, 3.63) is 58.8 Å². The van der Waals surface area contributed by atoms with Crippen LogP contribution in [-0.2, 0) is 14.3 Å². The van der Waals surface area contributed by atoms with E-state index in [2.05, 4.69) is 21.2 Å². The van der Waals surface area contributed by atoms with Gasteiger partial charge in [0.2, 0.25) is 0 Å². The number of carbonyl (C=O) groups excluding carboxylic acids is 2. The van der Waals surface area contributed by atoms with Crippen LogP contribution in [-0.4, -0.2) is 24.6 Å². The molecule has 2 aromatic rings. The highest BCUT2D eigenvalue weighted by molar-refractivity contribution is 9.10. The van der Waals surface area contributed by atoms with Gasteiger partial charge in [0.25, 0.3) is 5.91 Å². The summed E-state index contributed by atoms with van der Waals surface area (Å²) in [5, 5.41) is 2.36. The first-order valence-electron chi connectivity index (χ1n) is 7.09. The topological polar surface area (TPSA) is 64.6 Å². The molecule has 2 aromatic carbocycles. The van der Waals surface area contributed by atoms with Gasteiger partial charge in [-0.1, -0.05) is 28.1 Å². The van der Waals surface area contributed by atoms with Crippen molar-refractivity contribution in [2.24, 2.45) is 0 Å². The number of hydrogen-bond acceptors (Lipinski definition) is 4. The molecule has 0 spiro atoms.